The van der Waals surface area contributed by atoms with Crippen LogP contribution >= 0.6 is 0 Å². The molecule has 0 aromatic rings. The van der Waals surface area contributed by atoms with E-state index in [4.69, 9.17) is 0 Å². The number of hydrogen-bond donors (Lipinski definition) is 1. The second-order valence-electron chi connectivity index (χ2n) is 7.03. The molecule has 0 radical (unpaired) electrons. The molecule has 0 bridgehead atoms. The van der Waals surface area contributed by atoms with E-state index in [1.54, 1.807) is 0 Å². The van der Waals surface area contributed by atoms with Gasteiger partial charge in [0, 0.05) is 18.8 Å². The van der Waals surface area contributed by atoms with E-state index in [0.29, 0.717) is 12.8 Å². The molecule has 3 aliphatic rings. The van der Waals surface area contributed by atoms with Gasteiger partial charge in [-0.1, -0.05) is 12.8 Å². The van der Waals surface area contributed by atoms with Gasteiger partial charge in [0.25, 0.3) is 11.8 Å². The molecule has 130 valence electrons. The monoisotopic (exact) mass is 337 g/mol. The fraction of sp³-hybridized carbons (Fsp3) is 0.867. The Morgan fingerprint density at radius 2 is 1.65 bits per heavy atom. The number of nitrogens with zero attached hydrogens (tertiary/aromatic N) is 1. The molecule has 4 nitrogen and oxygen atoms in total. The number of hydrogen-bond acceptors (Lipinski definition) is 3. The molecule has 1 heterocycles. The van der Waals surface area contributed by atoms with Crippen molar-refractivity contribution in [3.63, 3.8) is 0 Å². The zero-order valence-corrected chi connectivity index (χ0v) is 12.5. The summed E-state index contributed by atoms with van der Waals surface area (Å²) in [5, 5.41) is 9.98. The molecule has 2 aliphatic carbocycles. The lowest BCUT2D eigenvalue weighted by molar-refractivity contribution is -0.151. The van der Waals surface area contributed by atoms with E-state index in [1.807, 2.05) is 0 Å². The van der Waals surface area contributed by atoms with Crippen molar-refractivity contribution >= 4 is 11.7 Å². The van der Waals surface area contributed by atoms with Gasteiger partial charge in [0.05, 0.1) is 12.1 Å². The van der Waals surface area contributed by atoms with E-state index in [-0.39, 0.29) is 19.3 Å². The maximum Gasteiger partial charge on any atom is 0.292 e. The minimum atomic E-state index is -3.49. The normalized spacial score (nSPS) is 34.2. The van der Waals surface area contributed by atoms with E-state index in [0.717, 1.165) is 4.90 Å². The first-order chi connectivity index (χ1) is 10.6. The van der Waals surface area contributed by atoms with E-state index in [2.05, 4.69) is 0 Å². The summed E-state index contributed by atoms with van der Waals surface area (Å²) in [5.74, 6) is -9.77. The number of rotatable bonds is 2. The Balaban J connectivity index is 1.82. The standard InChI is InChI=1S/C15H19F4NO3/c16-14(17)6-3-9(7-14)10(21)11(22)20-8-15(18,19)12(23)13(20)4-1-2-5-13/h9,12,23H,1-8H2/t9-,12+/m1/s1. The highest BCUT2D eigenvalue weighted by molar-refractivity contribution is 6.37. The van der Waals surface area contributed by atoms with Crippen LogP contribution in [0.3, 0.4) is 0 Å². The third-order valence-corrected chi connectivity index (χ3v) is 5.52. The summed E-state index contributed by atoms with van der Waals surface area (Å²) >= 11 is 0. The molecule has 0 aromatic heterocycles. The average Bonchev–Trinajstić information content (AvgIpc) is 3.13. The zero-order chi connectivity index (χ0) is 17.0. The van der Waals surface area contributed by atoms with Gasteiger partial charge < -0.3 is 10.0 Å². The van der Waals surface area contributed by atoms with Crippen molar-refractivity contribution in [2.75, 3.05) is 6.54 Å². The van der Waals surface area contributed by atoms with Gasteiger partial charge in [0.15, 0.2) is 0 Å². The van der Waals surface area contributed by atoms with Crippen LogP contribution in [0, 0.1) is 5.92 Å². The van der Waals surface area contributed by atoms with Crippen LogP contribution in [0.5, 0.6) is 0 Å². The molecule has 8 heteroatoms. The van der Waals surface area contributed by atoms with Gasteiger partial charge >= 0.3 is 0 Å². The van der Waals surface area contributed by atoms with Gasteiger partial charge in [-0.15, -0.1) is 0 Å². The van der Waals surface area contributed by atoms with Crippen LogP contribution in [-0.2, 0) is 9.59 Å². The molecule has 3 rings (SSSR count). The Bertz CT molecular complexity index is 531. The number of carbonyl (C=O) groups is 2. The minimum Gasteiger partial charge on any atom is -0.384 e. The Labute approximate surface area is 130 Å². The van der Waals surface area contributed by atoms with Crippen LogP contribution in [0.15, 0.2) is 0 Å². The molecule has 1 aliphatic heterocycles. The number of Topliss-reactive ketones (excluding diaryl/α,β-unsaturated/α-hetero) is 1. The number of alkyl halides is 4. The van der Waals surface area contributed by atoms with Crippen molar-refractivity contribution in [1.29, 1.82) is 0 Å². The van der Waals surface area contributed by atoms with Crippen LogP contribution < -0.4 is 0 Å². The van der Waals surface area contributed by atoms with Gasteiger partial charge in [-0.2, -0.15) is 0 Å². The summed E-state index contributed by atoms with van der Waals surface area (Å²) in [6.45, 7) is -1.03. The van der Waals surface area contributed by atoms with Crippen molar-refractivity contribution in [1.82, 2.24) is 4.90 Å². The number of aliphatic hydroxyl groups is 1. The van der Waals surface area contributed by atoms with E-state index >= 15 is 0 Å². The Kier molecular flexibility index (Phi) is 3.74. The Morgan fingerprint density at radius 3 is 2.17 bits per heavy atom. The molecule has 1 N–H and O–H groups in total. The second-order valence-corrected chi connectivity index (χ2v) is 7.03. The first kappa shape index (κ1) is 16.7. The third kappa shape index (κ3) is 2.55. The second kappa shape index (κ2) is 5.16. The number of ketones is 1. The summed E-state index contributed by atoms with van der Waals surface area (Å²) in [6, 6.07) is 0. The topological polar surface area (TPSA) is 57.6 Å². The summed E-state index contributed by atoms with van der Waals surface area (Å²) in [6.07, 6.45) is -1.76. The molecule has 23 heavy (non-hydrogen) atoms. The highest BCUT2D eigenvalue weighted by Gasteiger charge is 2.65. The smallest absolute Gasteiger partial charge is 0.292 e. The number of halogens is 4. The fourth-order valence-electron chi connectivity index (χ4n) is 4.28. The summed E-state index contributed by atoms with van der Waals surface area (Å²) in [7, 11) is 0. The van der Waals surface area contributed by atoms with Crippen molar-refractivity contribution in [2.45, 2.75) is 68.4 Å². The highest BCUT2D eigenvalue weighted by Crippen LogP contribution is 2.49. The minimum absolute atomic E-state index is 0.114. The average molecular weight is 337 g/mol. The van der Waals surface area contributed by atoms with Gasteiger partial charge in [-0.3, -0.25) is 9.59 Å². The third-order valence-electron chi connectivity index (χ3n) is 5.52. The first-order valence-electron chi connectivity index (χ1n) is 7.89. The molecule has 2 saturated carbocycles. The zero-order valence-electron chi connectivity index (χ0n) is 12.5. The summed E-state index contributed by atoms with van der Waals surface area (Å²) in [5.41, 5.74) is -1.43. The predicted octanol–water partition coefficient (Wildman–Crippen LogP) is 2.14. The summed E-state index contributed by atoms with van der Waals surface area (Å²) in [4.78, 5) is 25.4. The summed E-state index contributed by atoms with van der Waals surface area (Å²) < 4.78 is 54.3. The quantitative estimate of drug-likeness (QED) is 0.620. The molecule has 0 unspecified atom stereocenters. The lowest BCUT2D eigenvalue weighted by Gasteiger charge is -2.36. The Morgan fingerprint density at radius 1 is 1.04 bits per heavy atom. The molecule has 3 fully saturated rings. The van der Waals surface area contributed by atoms with Crippen molar-refractivity contribution < 1.29 is 32.3 Å². The van der Waals surface area contributed by atoms with Crippen LogP contribution in [0.4, 0.5) is 17.6 Å². The lowest BCUT2D eigenvalue weighted by Crippen LogP contribution is -2.54. The first-order valence-corrected chi connectivity index (χ1v) is 7.89. The SMILES string of the molecule is O=C(C(=O)N1CC(F)(F)[C@@H](O)C12CCCC2)[C@@H]1CCC(F)(F)C1. The van der Waals surface area contributed by atoms with Crippen LogP contribution in [0.2, 0.25) is 0 Å². The molecule has 1 saturated heterocycles. The van der Waals surface area contributed by atoms with Crippen molar-refractivity contribution in [3.05, 3.63) is 0 Å². The number of carbonyl (C=O) groups excluding carboxylic acids is 2. The van der Waals surface area contributed by atoms with E-state index < -0.39 is 60.5 Å². The van der Waals surface area contributed by atoms with E-state index in [1.165, 1.54) is 0 Å². The number of likely N-dealkylation sites (tertiary alicyclic amines) is 1. The van der Waals surface area contributed by atoms with Gasteiger partial charge in [-0.25, -0.2) is 17.6 Å². The molecular formula is C15H19F4NO3. The predicted molar refractivity (Wildman–Crippen MR) is 71.2 cm³/mol. The van der Waals surface area contributed by atoms with Gasteiger partial charge in [0.2, 0.25) is 11.7 Å². The molecule has 1 amide bonds. The molecule has 2 atom stereocenters. The van der Waals surface area contributed by atoms with Crippen molar-refractivity contribution in [3.8, 4) is 0 Å². The molecule has 0 aromatic carbocycles. The largest absolute Gasteiger partial charge is 0.384 e. The number of amides is 1. The van der Waals surface area contributed by atoms with Gasteiger partial charge in [0.1, 0.15) is 6.10 Å². The maximum absolute atomic E-state index is 13.9. The number of aliphatic hydroxyl groups excluding tert-OH is 1. The molecule has 1 spiro atoms. The lowest BCUT2D eigenvalue weighted by atomic mass is 9.89. The highest BCUT2D eigenvalue weighted by atomic mass is 19.3. The van der Waals surface area contributed by atoms with Crippen LogP contribution in [0.25, 0.3) is 0 Å². The van der Waals surface area contributed by atoms with Crippen molar-refractivity contribution in [2.24, 2.45) is 5.92 Å². The van der Waals surface area contributed by atoms with Gasteiger partial charge in [-0.05, 0) is 19.3 Å². The molecular weight excluding hydrogens is 318 g/mol. The van der Waals surface area contributed by atoms with Crippen LogP contribution in [0.1, 0.15) is 44.9 Å². The van der Waals surface area contributed by atoms with Crippen LogP contribution in [-0.4, -0.2) is 51.7 Å². The van der Waals surface area contributed by atoms with E-state index in [9.17, 15) is 32.3 Å². The maximum atomic E-state index is 13.9. The fourth-order valence-corrected chi connectivity index (χ4v) is 4.28. The Hall–Kier alpha value is -1.18.